The molecule has 3 N–H and O–H groups in total. The van der Waals surface area contributed by atoms with E-state index >= 15 is 0 Å². The SMILES string of the molecule is CC(NCC1(O)CCOC1C)c1cc(F)ccc1O. The maximum Gasteiger partial charge on any atom is 0.123 e. The molecule has 3 unspecified atom stereocenters. The van der Waals surface area contributed by atoms with E-state index in [9.17, 15) is 14.6 Å². The Bertz CT molecular complexity index is 454. The molecule has 0 bridgehead atoms. The number of benzene rings is 1. The van der Waals surface area contributed by atoms with Gasteiger partial charge in [0.1, 0.15) is 17.2 Å². The average molecular weight is 269 g/mol. The van der Waals surface area contributed by atoms with Gasteiger partial charge in [0.2, 0.25) is 0 Å². The van der Waals surface area contributed by atoms with Crippen molar-refractivity contribution in [3.63, 3.8) is 0 Å². The summed E-state index contributed by atoms with van der Waals surface area (Å²) in [6.07, 6.45) is 0.344. The van der Waals surface area contributed by atoms with E-state index in [0.29, 0.717) is 25.1 Å². The number of rotatable bonds is 4. The molecule has 0 aromatic heterocycles. The van der Waals surface area contributed by atoms with Crippen LogP contribution in [0.15, 0.2) is 18.2 Å². The molecule has 1 aliphatic heterocycles. The van der Waals surface area contributed by atoms with Gasteiger partial charge < -0.3 is 20.3 Å². The number of phenolic OH excluding ortho intramolecular Hbond substituents is 1. The highest BCUT2D eigenvalue weighted by atomic mass is 19.1. The van der Waals surface area contributed by atoms with Crippen molar-refractivity contribution in [2.45, 2.75) is 38.0 Å². The lowest BCUT2D eigenvalue weighted by Crippen LogP contribution is -2.46. The number of hydrogen-bond donors (Lipinski definition) is 3. The molecule has 1 saturated heterocycles. The van der Waals surface area contributed by atoms with Crippen LogP contribution in [0.4, 0.5) is 4.39 Å². The Morgan fingerprint density at radius 1 is 1.58 bits per heavy atom. The van der Waals surface area contributed by atoms with Crippen LogP contribution in [0.5, 0.6) is 5.75 Å². The number of aliphatic hydroxyl groups is 1. The Hall–Kier alpha value is -1.17. The van der Waals surface area contributed by atoms with Gasteiger partial charge >= 0.3 is 0 Å². The molecule has 1 fully saturated rings. The van der Waals surface area contributed by atoms with E-state index in [1.165, 1.54) is 18.2 Å². The van der Waals surface area contributed by atoms with Gasteiger partial charge in [0, 0.05) is 31.2 Å². The topological polar surface area (TPSA) is 61.7 Å². The number of phenols is 1. The van der Waals surface area contributed by atoms with Crippen LogP contribution < -0.4 is 5.32 Å². The van der Waals surface area contributed by atoms with Crippen LogP contribution >= 0.6 is 0 Å². The summed E-state index contributed by atoms with van der Waals surface area (Å²) in [6, 6.07) is 3.59. The summed E-state index contributed by atoms with van der Waals surface area (Å²) in [6.45, 7) is 4.53. The molecule has 1 heterocycles. The van der Waals surface area contributed by atoms with Crippen molar-refractivity contribution in [3.05, 3.63) is 29.6 Å². The molecule has 0 aliphatic carbocycles. The van der Waals surface area contributed by atoms with Crippen molar-refractivity contribution in [3.8, 4) is 5.75 Å². The van der Waals surface area contributed by atoms with Crippen LogP contribution in [0.1, 0.15) is 31.9 Å². The molecular weight excluding hydrogens is 249 g/mol. The normalized spacial score (nSPS) is 28.5. The first kappa shape index (κ1) is 14.2. The Kier molecular flexibility index (Phi) is 4.08. The first-order valence-corrected chi connectivity index (χ1v) is 6.48. The minimum Gasteiger partial charge on any atom is -0.508 e. The molecular formula is C14H20FNO3. The van der Waals surface area contributed by atoms with Gasteiger partial charge in [-0.3, -0.25) is 0 Å². The Morgan fingerprint density at radius 3 is 2.95 bits per heavy atom. The molecule has 0 spiro atoms. The van der Waals surface area contributed by atoms with Crippen LogP contribution in [0, 0.1) is 5.82 Å². The zero-order chi connectivity index (χ0) is 14.0. The van der Waals surface area contributed by atoms with Crippen LogP contribution in [0.25, 0.3) is 0 Å². The van der Waals surface area contributed by atoms with E-state index in [-0.39, 0.29) is 17.9 Å². The molecule has 5 heteroatoms. The Morgan fingerprint density at radius 2 is 2.32 bits per heavy atom. The predicted molar refractivity (Wildman–Crippen MR) is 69.5 cm³/mol. The van der Waals surface area contributed by atoms with E-state index in [1.54, 1.807) is 0 Å². The first-order chi connectivity index (χ1) is 8.92. The quantitative estimate of drug-likeness (QED) is 0.779. The van der Waals surface area contributed by atoms with Gasteiger partial charge in [0.05, 0.1) is 6.10 Å². The van der Waals surface area contributed by atoms with Crippen LogP contribution in [0.3, 0.4) is 0 Å². The van der Waals surface area contributed by atoms with Gasteiger partial charge in [-0.05, 0) is 32.0 Å². The van der Waals surface area contributed by atoms with Crippen LogP contribution in [0.2, 0.25) is 0 Å². The zero-order valence-electron chi connectivity index (χ0n) is 11.2. The Labute approximate surface area is 112 Å². The highest BCUT2D eigenvalue weighted by Crippen LogP contribution is 2.28. The monoisotopic (exact) mass is 269 g/mol. The van der Waals surface area contributed by atoms with Gasteiger partial charge in [0.25, 0.3) is 0 Å². The third kappa shape index (κ3) is 3.05. The highest BCUT2D eigenvalue weighted by Gasteiger charge is 2.39. The second kappa shape index (κ2) is 5.45. The fourth-order valence-corrected chi connectivity index (χ4v) is 2.31. The number of nitrogens with one attached hydrogen (secondary N) is 1. The molecule has 2 rings (SSSR count). The summed E-state index contributed by atoms with van der Waals surface area (Å²) in [5, 5.41) is 23.2. The maximum atomic E-state index is 13.2. The molecule has 1 aliphatic rings. The van der Waals surface area contributed by atoms with Crippen LogP contribution in [-0.2, 0) is 4.74 Å². The minimum atomic E-state index is -0.906. The number of halogens is 1. The number of aromatic hydroxyl groups is 1. The highest BCUT2D eigenvalue weighted by molar-refractivity contribution is 5.34. The van der Waals surface area contributed by atoms with Gasteiger partial charge in [0.15, 0.2) is 0 Å². The molecule has 1 aromatic carbocycles. The molecule has 4 nitrogen and oxygen atoms in total. The van der Waals surface area contributed by atoms with E-state index in [2.05, 4.69) is 5.32 Å². The fraction of sp³-hybridized carbons (Fsp3) is 0.571. The van der Waals surface area contributed by atoms with E-state index in [1.807, 2.05) is 13.8 Å². The molecule has 3 atom stereocenters. The zero-order valence-corrected chi connectivity index (χ0v) is 11.2. The summed E-state index contributed by atoms with van der Waals surface area (Å²) in [4.78, 5) is 0. The van der Waals surface area contributed by atoms with Crippen molar-refractivity contribution in [1.82, 2.24) is 5.32 Å². The maximum absolute atomic E-state index is 13.2. The third-order valence-electron chi connectivity index (χ3n) is 3.83. The van der Waals surface area contributed by atoms with Crippen molar-refractivity contribution in [1.29, 1.82) is 0 Å². The van der Waals surface area contributed by atoms with Gasteiger partial charge in [-0.25, -0.2) is 4.39 Å². The second-order valence-corrected chi connectivity index (χ2v) is 5.17. The molecule has 0 amide bonds. The van der Waals surface area contributed by atoms with E-state index < -0.39 is 11.4 Å². The lowest BCUT2D eigenvalue weighted by molar-refractivity contribution is -0.0274. The van der Waals surface area contributed by atoms with E-state index in [0.717, 1.165) is 0 Å². The standard InChI is InChI=1S/C14H20FNO3/c1-9(12-7-11(15)3-4-13(12)17)16-8-14(18)5-6-19-10(14)2/h3-4,7,9-10,16-18H,5-6,8H2,1-2H3. The molecule has 1 aromatic rings. The molecule has 0 saturated carbocycles. The molecule has 0 radical (unpaired) electrons. The lowest BCUT2D eigenvalue weighted by atomic mass is 9.96. The second-order valence-electron chi connectivity index (χ2n) is 5.17. The summed E-state index contributed by atoms with van der Waals surface area (Å²) in [7, 11) is 0. The molecule has 19 heavy (non-hydrogen) atoms. The van der Waals surface area contributed by atoms with Crippen molar-refractivity contribution >= 4 is 0 Å². The van der Waals surface area contributed by atoms with Gasteiger partial charge in [-0.15, -0.1) is 0 Å². The average Bonchev–Trinajstić information content (AvgIpc) is 2.70. The van der Waals surface area contributed by atoms with E-state index in [4.69, 9.17) is 4.74 Å². The predicted octanol–water partition coefficient (Wildman–Crippen LogP) is 1.72. The number of ether oxygens (including phenoxy) is 1. The van der Waals surface area contributed by atoms with Crippen molar-refractivity contribution in [2.75, 3.05) is 13.2 Å². The van der Waals surface area contributed by atoms with Crippen molar-refractivity contribution in [2.24, 2.45) is 0 Å². The molecule has 106 valence electrons. The number of hydrogen-bond acceptors (Lipinski definition) is 4. The van der Waals surface area contributed by atoms with Crippen molar-refractivity contribution < 1.29 is 19.3 Å². The smallest absolute Gasteiger partial charge is 0.123 e. The summed E-state index contributed by atoms with van der Waals surface area (Å²) in [5.74, 6) is -0.346. The largest absolute Gasteiger partial charge is 0.508 e. The summed E-state index contributed by atoms with van der Waals surface area (Å²) in [5.41, 5.74) is -0.424. The fourth-order valence-electron chi connectivity index (χ4n) is 2.31. The lowest BCUT2D eigenvalue weighted by Gasteiger charge is -2.28. The minimum absolute atomic E-state index is 0.0455. The van der Waals surface area contributed by atoms with Crippen LogP contribution in [-0.4, -0.2) is 35.1 Å². The first-order valence-electron chi connectivity index (χ1n) is 6.48. The summed E-state index contributed by atoms with van der Waals surface area (Å²) < 4.78 is 18.5. The summed E-state index contributed by atoms with van der Waals surface area (Å²) >= 11 is 0. The third-order valence-corrected chi connectivity index (χ3v) is 3.83. The van der Waals surface area contributed by atoms with Gasteiger partial charge in [-0.1, -0.05) is 0 Å². The Balaban J connectivity index is 2.01. The van der Waals surface area contributed by atoms with Gasteiger partial charge in [-0.2, -0.15) is 0 Å².